The number of nitrogens with one attached hydrogen (secondary N) is 1. The van der Waals surface area contributed by atoms with Crippen LogP contribution in [0.4, 0.5) is 0 Å². The minimum atomic E-state index is -0.355. The van der Waals surface area contributed by atoms with Crippen LogP contribution in [-0.4, -0.2) is 26.1 Å². The molecule has 5 heteroatoms. The molecule has 1 unspecified atom stereocenters. The van der Waals surface area contributed by atoms with Crippen molar-refractivity contribution in [1.82, 2.24) is 15.2 Å². The highest BCUT2D eigenvalue weighted by Crippen LogP contribution is 2.41. The molecule has 0 amide bonds. The molecule has 2 N–H and O–H groups in total. The van der Waals surface area contributed by atoms with Crippen LogP contribution in [0.25, 0.3) is 6.08 Å². The van der Waals surface area contributed by atoms with Gasteiger partial charge in [0.1, 0.15) is 11.4 Å². The number of allylic oxidation sites excluding steroid dienone is 1. The van der Waals surface area contributed by atoms with Crippen LogP contribution in [-0.2, 0) is 11.8 Å². The number of hydrogen-bond donors (Lipinski definition) is 2. The number of pyridine rings is 1. The summed E-state index contributed by atoms with van der Waals surface area (Å²) in [5.41, 5.74) is 5.41. The van der Waals surface area contributed by atoms with Gasteiger partial charge in [0.15, 0.2) is 0 Å². The van der Waals surface area contributed by atoms with Gasteiger partial charge in [0.05, 0.1) is 11.1 Å². The Morgan fingerprint density at radius 1 is 1.11 bits per heavy atom. The van der Waals surface area contributed by atoms with Gasteiger partial charge in [-0.25, -0.2) is 0 Å². The molecule has 5 nitrogen and oxygen atoms in total. The maximum Gasteiger partial charge on any atom is 0.117 e. The van der Waals surface area contributed by atoms with Crippen LogP contribution in [0.5, 0.6) is 0 Å². The number of rotatable bonds is 4. The summed E-state index contributed by atoms with van der Waals surface area (Å²) in [6.45, 7) is 0. The summed E-state index contributed by atoms with van der Waals surface area (Å²) >= 11 is 0. The van der Waals surface area contributed by atoms with E-state index in [0.717, 1.165) is 41.9 Å². The molecule has 1 atom stereocenters. The number of hydrogen-bond acceptors (Lipinski definition) is 4. The van der Waals surface area contributed by atoms with E-state index >= 15 is 0 Å². The van der Waals surface area contributed by atoms with E-state index in [-0.39, 0.29) is 5.41 Å². The van der Waals surface area contributed by atoms with Gasteiger partial charge in [0, 0.05) is 29.8 Å². The molecule has 0 saturated heterocycles. The second-order valence-electron chi connectivity index (χ2n) is 7.64. The highest BCUT2D eigenvalue weighted by molar-refractivity contribution is 6.03. The SMILES string of the molecule is ON=C(c1n[nH]c2c1C=CC(c1ccccc1)(c1ccccn1)C2)C1CCC1. The third-order valence-corrected chi connectivity index (χ3v) is 6.13. The Morgan fingerprint density at radius 2 is 1.93 bits per heavy atom. The first-order chi connectivity index (χ1) is 13.8. The summed E-state index contributed by atoms with van der Waals surface area (Å²) in [7, 11) is 0. The lowest BCUT2D eigenvalue weighted by Gasteiger charge is -2.33. The fourth-order valence-electron chi connectivity index (χ4n) is 4.35. The zero-order chi connectivity index (χ0) is 19.0. The van der Waals surface area contributed by atoms with Gasteiger partial charge in [-0.3, -0.25) is 10.1 Å². The van der Waals surface area contributed by atoms with Crippen LogP contribution in [0.15, 0.2) is 66.0 Å². The summed E-state index contributed by atoms with van der Waals surface area (Å²) in [6.07, 6.45) is 10.2. The van der Waals surface area contributed by atoms with Gasteiger partial charge in [0.25, 0.3) is 0 Å². The first-order valence-corrected chi connectivity index (χ1v) is 9.77. The first-order valence-electron chi connectivity index (χ1n) is 9.77. The molecule has 28 heavy (non-hydrogen) atoms. The number of nitrogens with zero attached hydrogens (tertiary/aromatic N) is 3. The Hall–Kier alpha value is -3.21. The number of aromatic amines is 1. The second kappa shape index (κ2) is 6.75. The van der Waals surface area contributed by atoms with Crippen LogP contribution in [0, 0.1) is 5.92 Å². The van der Waals surface area contributed by atoms with Crippen molar-refractivity contribution in [2.75, 3.05) is 0 Å². The zero-order valence-electron chi connectivity index (χ0n) is 15.5. The minimum Gasteiger partial charge on any atom is -0.411 e. The lowest BCUT2D eigenvalue weighted by molar-refractivity contribution is 0.305. The molecule has 2 aliphatic carbocycles. The predicted octanol–water partition coefficient (Wildman–Crippen LogP) is 4.34. The number of aromatic nitrogens is 3. The van der Waals surface area contributed by atoms with E-state index in [1.807, 2.05) is 24.4 Å². The van der Waals surface area contributed by atoms with Crippen molar-refractivity contribution >= 4 is 11.8 Å². The van der Waals surface area contributed by atoms with Crippen LogP contribution < -0.4 is 0 Å². The lowest BCUT2D eigenvalue weighted by atomic mass is 9.70. The lowest BCUT2D eigenvalue weighted by Crippen LogP contribution is -2.32. The minimum absolute atomic E-state index is 0.308. The predicted molar refractivity (Wildman–Crippen MR) is 108 cm³/mol. The molecule has 1 saturated carbocycles. The van der Waals surface area contributed by atoms with Crippen molar-refractivity contribution < 1.29 is 5.21 Å². The van der Waals surface area contributed by atoms with Crippen molar-refractivity contribution in [2.45, 2.75) is 31.1 Å². The Kier molecular flexibility index (Phi) is 4.08. The van der Waals surface area contributed by atoms with Crippen molar-refractivity contribution in [1.29, 1.82) is 0 Å². The normalized spacial score (nSPS) is 21.9. The molecule has 1 fully saturated rings. The van der Waals surface area contributed by atoms with E-state index in [0.29, 0.717) is 11.6 Å². The number of fused-ring (bicyclic) bond motifs is 1. The summed E-state index contributed by atoms with van der Waals surface area (Å²) in [5, 5.41) is 20.9. The molecule has 3 aromatic rings. The van der Waals surface area contributed by atoms with E-state index in [1.165, 1.54) is 12.0 Å². The molecule has 2 aliphatic rings. The first kappa shape index (κ1) is 16.9. The topological polar surface area (TPSA) is 74.2 Å². The molecule has 5 rings (SSSR count). The quantitative estimate of drug-likeness (QED) is 0.408. The zero-order valence-corrected chi connectivity index (χ0v) is 15.5. The monoisotopic (exact) mass is 370 g/mol. The maximum absolute atomic E-state index is 9.59. The van der Waals surface area contributed by atoms with Crippen molar-refractivity contribution in [3.05, 3.63) is 89.0 Å². The van der Waals surface area contributed by atoms with Crippen molar-refractivity contribution in [3.8, 4) is 0 Å². The summed E-state index contributed by atoms with van der Waals surface area (Å²) < 4.78 is 0. The molecular weight excluding hydrogens is 348 g/mol. The Balaban J connectivity index is 1.61. The van der Waals surface area contributed by atoms with E-state index in [4.69, 9.17) is 0 Å². The summed E-state index contributed by atoms with van der Waals surface area (Å²) in [5.74, 6) is 0.308. The molecule has 1 aromatic carbocycles. The third-order valence-electron chi connectivity index (χ3n) is 6.13. The van der Waals surface area contributed by atoms with E-state index in [9.17, 15) is 5.21 Å². The van der Waals surface area contributed by atoms with E-state index in [2.05, 4.69) is 62.8 Å². The van der Waals surface area contributed by atoms with Gasteiger partial charge in [-0.2, -0.15) is 5.10 Å². The van der Waals surface area contributed by atoms with Crippen LogP contribution >= 0.6 is 0 Å². The average molecular weight is 370 g/mol. The van der Waals surface area contributed by atoms with Gasteiger partial charge in [-0.1, -0.05) is 60.1 Å². The Labute approximate surface area is 163 Å². The van der Waals surface area contributed by atoms with Crippen molar-refractivity contribution in [2.24, 2.45) is 11.1 Å². The van der Waals surface area contributed by atoms with Gasteiger partial charge >= 0.3 is 0 Å². The Bertz CT molecular complexity index is 993. The molecule has 0 bridgehead atoms. The fourth-order valence-corrected chi connectivity index (χ4v) is 4.35. The number of oxime groups is 1. The highest BCUT2D eigenvalue weighted by Gasteiger charge is 2.39. The highest BCUT2D eigenvalue weighted by atomic mass is 16.4. The maximum atomic E-state index is 9.59. The number of benzene rings is 1. The van der Waals surface area contributed by atoms with Crippen LogP contribution in [0.3, 0.4) is 0 Å². The molecule has 2 aromatic heterocycles. The van der Waals surface area contributed by atoms with Gasteiger partial charge < -0.3 is 5.21 Å². The summed E-state index contributed by atoms with van der Waals surface area (Å²) in [6, 6.07) is 16.5. The second-order valence-corrected chi connectivity index (χ2v) is 7.64. The molecular formula is C23H22N4O. The molecule has 0 radical (unpaired) electrons. The summed E-state index contributed by atoms with van der Waals surface area (Å²) in [4.78, 5) is 4.68. The van der Waals surface area contributed by atoms with E-state index in [1.54, 1.807) is 0 Å². The largest absolute Gasteiger partial charge is 0.411 e. The molecule has 0 aliphatic heterocycles. The third kappa shape index (κ3) is 2.58. The van der Waals surface area contributed by atoms with Gasteiger partial charge in [-0.05, 0) is 30.5 Å². The van der Waals surface area contributed by atoms with Crippen LogP contribution in [0.1, 0.15) is 47.5 Å². The standard InChI is InChI=1S/C23H22N4O/c28-27-21(16-7-6-8-16)22-18-12-13-23(15-19(18)25-26-22,17-9-2-1-3-10-17)20-11-4-5-14-24-20/h1-5,9-14,16,28H,6-8,15H2,(H,25,26). The molecule has 140 valence electrons. The van der Waals surface area contributed by atoms with Crippen molar-refractivity contribution in [3.63, 3.8) is 0 Å². The van der Waals surface area contributed by atoms with Gasteiger partial charge in [0.2, 0.25) is 0 Å². The number of H-pyrrole nitrogens is 1. The molecule has 0 spiro atoms. The fraction of sp³-hybridized carbons (Fsp3) is 0.261. The van der Waals surface area contributed by atoms with Gasteiger partial charge in [-0.15, -0.1) is 0 Å². The molecule has 2 heterocycles. The van der Waals surface area contributed by atoms with Crippen LogP contribution in [0.2, 0.25) is 0 Å². The average Bonchev–Trinajstić information content (AvgIpc) is 3.14. The smallest absolute Gasteiger partial charge is 0.117 e. The Morgan fingerprint density at radius 3 is 2.61 bits per heavy atom. The van der Waals surface area contributed by atoms with E-state index < -0.39 is 0 Å².